The lowest BCUT2D eigenvalue weighted by Crippen LogP contribution is -2.11. The summed E-state index contributed by atoms with van der Waals surface area (Å²) in [5, 5.41) is 4.41. The molecule has 0 aliphatic rings. The van der Waals surface area contributed by atoms with Crippen molar-refractivity contribution in [2.24, 2.45) is 0 Å². The molecule has 6 heteroatoms. The van der Waals surface area contributed by atoms with Crippen LogP contribution in [0.4, 0.5) is 0 Å². The molecule has 1 unspecified atom stereocenters. The van der Waals surface area contributed by atoms with Crippen LogP contribution in [0.3, 0.4) is 0 Å². The fourth-order valence-electron chi connectivity index (χ4n) is 1.58. The minimum absolute atomic E-state index is 0.223. The summed E-state index contributed by atoms with van der Waals surface area (Å²) in [6.45, 7) is 10.0. The van der Waals surface area contributed by atoms with Gasteiger partial charge in [0.25, 0.3) is 5.56 Å². The van der Waals surface area contributed by atoms with Crippen LogP contribution in [0.15, 0.2) is 9.40 Å². The summed E-state index contributed by atoms with van der Waals surface area (Å²) >= 11 is 3.13. The van der Waals surface area contributed by atoms with Crippen LogP contribution >= 0.6 is 15.9 Å². The van der Waals surface area contributed by atoms with Crippen LogP contribution < -0.4 is 5.56 Å². The molecule has 0 fully saturated rings. The number of nitrogens with one attached hydrogen (secondary N) is 1. The lowest BCUT2D eigenvalue weighted by atomic mass is 10.3. The Kier molecular flexibility index (Phi) is 5.07. The molecule has 5 nitrogen and oxygen atoms in total. The van der Waals surface area contributed by atoms with Gasteiger partial charge in [-0.3, -0.25) is 4.79 Å². The summed E-state index contributed by atoms with van der Waals surface area (Å²) in [6, 6.07) is 0.265. The Balaban J connectivity index is 0.000000771. The van der Waals surface area contributed by atoms with Crippen LogP contribution in [0.25, 0.3) is 11.2 Å². The van der Waals surface area contributed by atoms with Crippen molar-refractivity contribution in [1.82, 2.24) is 19.7 Å². The maximum absolute atomic E-state index is 11.4. The average molecular weight is 315 g/mol. The van der Waals surface area contributed by atoms with Gasteiger partial charge in [0, 0.05) is 0 Å². The summed E-state index contributed by atoms with van der Waals surface area (Å²) < 4.78 is 2.15. The Morgan fingerprint density at radius 3 is 2.61 bits per heavy atom. The van der Waals surface area contributed by atoms with Crippen molar-refractivity contribution in [3.63, 3.8) is 0 Å². The second kappa shape index (κ2) is 6.13. The zero-order chi connectivity index (χ0) is 13.9. The maximum Gasteiger partial charge on any atom is 0.281 e. The quantitative estimate of drug-likeness (QED) is 0.925. The number of H-pyrrole nitrogens is 1. The summed E-state index contributed by atoms with van der Waals surface area (Å²) in [7, 11) is 0. The van der Waals surface area contributed by atoms with Crippen molar-refractivity contribution in [1.29, 1.82) is 0 Å². The molecule has 2 aromatic rings. The van der Waals surface area contributed by atoms with E-state index >= 15 is 0 Å². The van der Waals surface area contributed by atoms with E-state index in [1.165, 1.54) is 0 Å². The highest BCUT2D eigenvalue weighted by atomic mass is 79.9. The Morgan fingerprint density at radius 1 is 1.44 bits per heavy atom. The molecule has 0 spiro atoms. The summed E-state index contributed by atoms with van der Waals surface area (Å²) in [5.41, 5.74) is 2.01. The second-order valence-corrected chi connectivity index (χ2v) is 4.59. The first kappa shape index (κ1) is 14.9. The van der Waals surface area contributed by atoms with Gasteiger partial charge < -0.3 is 4.98 Å². The number of fused-ring (bicyclic) bond motifs is 1. The van der Waals surface area contributed by atoms with Gasteiger partial charge in [-0.15, -0.1) is 0 Å². The van der Waals surface area contributed by atoms with Gasteiger partial charge in [0.05, 0.1) is 11.7 Å². The Hall–Kier alpha value is -1.17. The van der Waals surface area contributed by atoms with E-state index in [0.717, 1.165) is 17.8 Å². The monoisotopic (exact) mass is 314 g/mol. The molecule has 0 aliphatic carbocycles. The van der Waals surface area contributed by atoms with Crippen LogP contribution in [-0.4, -0.2) is 19.7 Å². The summed E-state index contributed by atoms with van der Waals surface area (Å²) in [4.78, 5) is 18.4. The Bertz CT molecular complexity index is 588. The summed E-state index contributed by atoms with van der Waals surface area (Å²) in [6.07, 6.45) is 0.967. The summed E-state index contributed by atoms with van der Waals surface area (Å²) in [5.74, 6) is 0. The molecule has 0 aromatic carbocycles. The van der Waals surface area contributed by atoms with Crippen LogP contribution in [0.1, 0.15) is 45.9 Å². The molecule has 0 bridgehead atoms. The first-order valence-corrected chi connectivity index (χ1v) is 6.98. The van der Waals surface area contributed by atoms with Crippen molar-refractivity contribution in [3.05, 3.63) is 20.7 Å². The van der Waals surface area contributed by atoms with Crippen LogP contribution in [0.2, 0.25) is 0 Å². The SMILES string of the molecule is CC.CCC(C)n1nc(C)c2[nH]c(=O)c(Br)nc21. The molecule has 100 valence electrons. The molecule has 0 saturated carbocycles. The van der Waals surface area contributed by atoms with E-state index in [4.69, 9.17) is 0 Å². The lowest BCUT2D eigenvalue weighted by Gasteiger charge is -2.09. The maximum atomic E-state index is 11.4. The molecule has 0 saturated heterocycles. The topological polar surface area (TPSA) is 63.6 Å². The van der Waals surface area contributed by atoms with Crippen molar-refractivity contribution in [3.8, 4) is 0 Å². The minimum Gasteiger partial charge on any atom is -0.315 e. The molecule has 2 heterocycles. The van der Waals surface area contributed by atoms with Gasteiger partial charge in [0.15, 0.2) is 10.3 Å². The van der Waals surface area contributed by atoms with Crippen LogP contribution in [-0.2, 0) is 0 Å². The molecule has 2 aromatic heterocycles. The van der Waals surface area contributed by atoms with Crippen molar-refractivity contribution in [2.45, 2.75) is 47.1 Å². The highest BCUT2D eigenvalue weighted by Crippen LogP contribution is 2.19. The number of hydrogen-bond acceptors (Lipinski definition) is 3. The molecule has 0 aliphatic heterocycles. The number of halogens is 1. The third-order valence-corrected chi connectivity index (χ3v) is 3.24. The van der Waals surface area contributed by atoms with Gasteiger partial charge in [-0.25, -0.2) is 9.67 Å². The molecule has 0 amide bonds. The Labute approximate surface area is 115 Å². The first-order chi connectivity index (χ1) is 8.54. The zero-order valence-electron chi connectivity index (χ0n) is 11.4. The highest BCUT2D eigenvalue weighted by Gasteiger charge is 2.14. The normalized spacial score (nSPS) is 12.1. The van der Waals surface area contributed by atoms with Gasteiger partial charge in [0.2, 0.25) is 0 Å². The van der Waals surface area contributed by atoms with E-state index in [1.54, 1.807) is 0 Å². The average Bonchev–Trinajstić information content (AvgIpc) is 2.69. The number of aromatic nitrogens is 4. The number of hydrogen-bond donors (Lipinski definition) is 1. The van der Waals surface area contributed by atoms with E-state index in [2.05, 4.69) is 44.8 Å². The predicted octanol–water partition coefficient (Wildman–Crippen LogP) is 3.19. The van der Waals surface area contributed by atoms with Crippen molar-refractivity contribution in [2.75, 3.05) is 0 Å². The van der Waals surface area contributed by atoms with E-state index in [9.17, 15) is 4.79 Å². The van der Waals surface area contributed by atoms with Crippen molar-refractivity contribution >= 4 is 27.1 Å². The molecular formula is C12H19BrN4O. The van der Waals surface area contributed by atoms with E-state index < -0.39 is 0 Å². The number of aryl methyl sites for hydroxylation is 1. The highest BCUT2D eigenvalue weighted by molar-refractivity contribution is 9.10. The first-order valence-electron chi connectivity index (χ1n) is 6.19. The predicted molar refractivity (Wildman–Crippen MR) is 76.9 cm³/mol. The van der Waals surface area contributed by atoms with Gasteiger partial charge in [0.1, 0.15) is 5.52 Å². The van der Waals surface area contributed by atoms with E-state index in [0.29, 0.717) is 10.1 Å². The smallest absolute Gasteiger partial charge is 0.281 e. The number of nitrogens with zero attached hydrogens (tertiary/aromatic N) is 3. The molecular weight excluding hydrogens is 296 g/mol. The van der Waals surface area contributed by atoms with Gasteiger partial charge >= 0.3 is 0 Å². The third-order valence-electron chi connectivity index (χ3n) is 2.70. The molecule has 1 N–H and O–H groups in total. The number of aromatic amines is 1. The lowest BCUT2D eigenvalue weighted by molar-refractivity contribution is 0.487. The van der Waals surface area contributed by atoms with Crippen molar-refractivity contribution < 1.29 is 0 Å². The zero-order valence-corrected chi connectivity index (χ0v) is 13.0. The van der Waals surface area contributed by atoms with Gasteiger partial charge in [-0.05, 0) is 36.2 Å². The van der Waals surface area contributed by atoms with E-state index in [-0.39, 0.29) is 11.6 Å². The molecule has 18 heavy (non-hydrogen) atoms. The van der Waals surface area contributed by atoms with Gasteiger partial charge in [-0.2, -0.15) is 5.10 Å². The number of rotatable bonds is 2. The fourth-order valence-corrected chi connectivity index (χ4v) is 1.84. The minimum atomic E-state index is -0.223. The largest absolute Gasteiger partial charge is 0.315 e. The fraction of sp³-hybridized carbons (Fsp3) is 0.583. The third kappa shape index (κ3) is 2.63. The molecule has 0 radical (unpaired) electrons. The standard InChI is InChI=1S/C10H13BrN4O.C2H6/c1-4-5(2)15-9-7(6(3)14-15)12-10(16)8(11)13-9;1-2/h5H,4H2,1-3H3,(H,12,16);1-2H3. The van der Waals surface area contributed by atoms with Crippen LogP contribution in [0, 0.1) is 6.92 Å². The van der Waals surface area contributed by atoms with Crippen LogP contribution in [0.5, 0.6) is 0 Å². The van der Waals surface area contributed by atoms with E-state index in [1.807, 2.05) is 25.5 Å². The van der Waals surface area contributed by atoms with Gasteiger partial charge in [-0.1, -0.05) is 20.8 Å². The Morgan fingerprint density at radius 2 is 2.06 bits per heavy atom. The molecule has 1 atom stereocenters. The molecule has 2 rings (SSSR count). The second-order valence-electron chi connectivity index (χ2n) is 3.84.